The van der Waals surface area contributed by atoms with E-state index in [4.69, 9.17) is 3.97 Å². The average Bonchev–Trinajstić information content (AvgIpc) is 2.92. The van der Waals surface area contributed by atoms with Crippen molar-refractivity contribution in [3.8, 4) is 0 Å². The van der Waals surface area contributed by atoms with Crippen LogP contribution >= 0.6 is 6.83 Å². The van der Waals surface area contributed by atoms with E-state index in [2.05, 4.69) is 0 Å². The van der Waals surface area contributed by atoms with Gasteiger partial charge in [-0.15, -0.1) is 0 Å². The normalized spacial score (nSPS) is 13.5. The van der Waals surface area contributed by atoms with Crippen molar-refractivity contribution in [2.75, 3.05) is 11.9 Å². The van der Waals surface area contributed by atoms with E-state index in [0.29, 0.717) is 22.3 Å². The van der Waals surface area contributed by atoms with Gasteiger partial charge in [0.15, 0.2) is 0 Å². The Morgan fingerprint density at radius 1 is 0.632 bits per heavy atom. The zero-order valence-corrected chi connectivity index (χ0v) is 23.6. The standard InChI is InChI=1S/C29H31O6PS2/c1-25-19-21-29(22-20-25)38(33,34)35-36(26-13-5-2-6-14-26,27-15-7-3-8-16-27,28-17-9-4-10-18-28)23-11-12-24-37(30,31)32/h2-10,13-22H,11-12,23-24H2,1H3,(H,30,31,32). The molecule has 38 heavy (non-hydrogen) atoms. The Morgan fingerprint density at radius 3 is 1.45 bits per heavy atom. The van der Waals surface area contributed by atoms with Crippen LogP contribution in [-0.2, 0) is 24.2 Å². The van der Waals surface area contributed by atoms with Crippen molar-refractivity contribution in [1.82, 2.24) is 0 Å². The van der Waals surface area contributed by atoms with Gasteiger partial charge in [0.25, 0.3) is 0 Å². The van der Waals surface area contributed by atoms with Crippen LogP contribution in [0.3, 0.4) is 0 Å². The summed E-state index contributed by atoms with van der Waals surface area (Å²) >= 11 is 0. The molecule has 0 aromatic heterocycles. The van der Waals surface area contributed by atoms with E-state index in [1.807, 2.05) is 97.9 Å². The summed E-state index contributed by atoms with van der Waals surface area (Å²) in [5.74, 6) is -0.428. The van der Waals surface area contributed by atoms with E-state index in [-0.39, 0.29) is 17.5 Å². The Morgan fingerprint density at radius 2 is 1.05 bits per heavy atom. The molecule has 0 aliphatic heterocycles. The summed E-state index contributed by atoms with van der Waals surface area (Å²) in [4.78, 5) is 0.0397. The molecule has 0 unspecified atom stereocenters. The van der Waals surface area contributed by atoms with Gasteiger partial charge in [0, 0.05) is 0 Å². The van der Waals surface area contributed by atoms with E-state index in [9.17, 15) is 21.4 Å². The third kappa shape index (κ3) is 5.60. The second-order valence-electron chi connectivity index (χ2n) is 9.28. The van der Waals surface area contributed by atoms with Crippen LogP contribution in [0.2, 0.25) is 0 Å². The van der Waals surface area contributed by atoms with Crippen LogP contribution in [0.15, 0.2) is 120 Å². The number of hydrogen-bond acceptors (Lipinski definition) is 5. The summed E-state index contributed by atoms with van der Waals surface area (Å²) in [6, 6.07) is 34.5. The molecular formula is C29H31O6PS2. The van der Waals surface area contributed by atoms with Gasteiger partial charge in [-0.25, -0.2) is 0 Å². The van der Waals surface area contributed by atoms with E-state index in [1.54, 1.807) is 12.1 Å². The first kappa shape index (κ1) is 28.1. The topological polar surface area (TPSA) is 97.7 Å². The summed E-state index contributed by atoms with van der Waals surface area (Å²) in [7, 11) is -8.50. The Kier molecular flexibility index (Phi) is 8.21. The first-order valence-electron chi connectivity index (χ1n) is 12.2. The molecule has 6 nitrogen and oxygen atoms in total. The second-order valence-corrected chi connectivity index (χ2v) is 17.2. The fourth-order valence-electron chi connectivity index (χ4n) is 4.89. The van der Waals surface area contributed by atoms with Crippen LogP contribution in [0.4, 0.5) is 0 Å². The summed E-state index contributed by atoms with van der Waals surface area (Å²) in [5, 5.41) is 2.12. The van der Waals surface area contributed by atoms with Crippen molar-refractivity contribution >= 4 is 43.0 Å². The van der Waals surface area contributed by atoms with Gasteiger partial charge in [-0.3, -0.25) is 0 Å². The molecule has 4 aromatic carbocycles. The van der Waals surface area contributed by atoms with Gasteiger partial charge in [0.05, 0.1) is 0 Å². The van der Waals surface area contributed by atoms with Gasteiger partial charge in [0.2, 0.25) is 0 Å². The minimum absolute atomic E-state index is 0.0397. The summed E-state index contributed by atoms with van der Waals surface area (Å²) < 4.78 is 67.4. The van der Waals surface area contributed by atoms with Crippen molar-refractivity contribution in [3.05, 3.63) is 121 Å². The summed E-state index contributed by atoms with van der Waals surface area (Å²) in [6.45, 7) is -2.42. The van der Waals surface area contributed by atoms with Gasteiger partial charge in [-0.05, 0) is 0 Å². The number of rotatable bonds is 11. The molecule has 0 atom stereocenters. The molecular weight excluding hydrogens is 539 g/mol. The van der Waals surface area contributed by atoms with Crippen molar-refractivity contribution < 1.29 is 25.4 Å². The molecule has 0 aliphatic carbocycles. The molecule has 0 saturated carbocycles. The van der Waals surface area contributed by atoms with Gasteiger partial charge in [0.1, 0.15) is 0 Å². The van der Waals surface area contributed by atoms with Crippen molar-refractivity contribution in [3.63, 3.8) is 0 Å². The van der Waals surface area contributed by atoms with Crippen LogP contribution in [0.5, 0.6) is 0 Å². The average molecular weight is 571 g/mol. The number of unbranched alkanes of at least 4 members (excludes halogenated alkanes) is 1. The van der Waals surface area contributed by atoms with Crippen molar-refractivity contribution in [2.45, 2.75) is 24.7 Å². The SMILES string of the molecule is Cc1ccc(S(=O)(=O)OP(CCCCS(=O)(=O)O)(c2ccccc2)(c2ccccc2)c2ccccc2)cc1. The zero-order valence-electron chi connectivity index (χ0n) is 21.1. The molecule has 200 valence electrons. The van der Waals surface area contributed by atoms with Crippen LogP contribution in [-0.4, -0.2) is 33.3 Å². The van der Waals surface area contributed by atoms with Crippen LogP contribution in [0, 0.1) is 6.92 Å². The van der Waals surface area contributed by atoms with Crippen LogP contribution in [0.1, 0.15) is 18.4 Å². The fourth-order valence-corrected chi connectivity index (χ4v) is 14.2. The minimum atomic E-state index is -4.31. The molecule has 0 bridgehead atoms. The Balaban J connectivity index is 2.07. The Labute approximate surface area is 225 Å². The molecule has 0 aliphatic rings. The Bertz CT molecular complexity index is 1470. The first-order valence-corrected chi connectivity index (χ1v) is 17.6. The maximum atomic E-state index is 14.2. The molecule has 0 radical (unpaired) electrons. The molecule has 0 spiro atoms. The van der Waals surface area contributed by atoms with Crippen LogP contribution in [0.25, 0.3) is 0 Å². The van der Waals surface area contributed by atoms with Crippen molar-refractivity contribution in [1.29, 1.82) is 0 Å². The summed E-state index contributed by atoms with van der Waals surface area (Å²) in [6.07, 6.45) is 0.640. The van der Waals surface area contributed by atoms with Gasteiger partial charge in [-0.1, -0.05) is 0 Å². The monoisotopic (exact) mass is 570 g/mol. The molecule has 4 aromatic rings. The second kappa shape index (κ2) is 11.1. The molecule has 0 fully saturated rings. The quantitative estimate of drug-likeness (QED) is 0.158. The van der Waals surface area contributed by atoms with Gasteiger partial charge < -0.3 is 0 Å². The third-order valence-electron chi connectivity index (χ3n) is 6.72. The summed E-state index contributed by atoms with van der Waals surface area (Å²) in [5.41, 5.74) is 0.917. The molecule has 0 saturated heterocycles. The first-order chi connectivity index (χ1) is 18.1. The zero-order chi connectivity index (χ0) is 27.3. The number of aryl methyl sites for hydroxylation is 1. The number of benzene rings is 4. The molecule has 0 amide bonds. The van der Waals surface area contributed by atoms with E-state index in [0.717, 1.165) is 5.56 Å². The van der Waals surface area contributed by atoms with E-state index < -0.39 is 32.8 Å². The van der Waals surface area contributed by atoms with Gasteiger partial charge in [-0.2, -0.15) is 0 Å². The van der Waals surface area contributed by atoms with Crippen molar-refractivity contribution in [2.24, 2.45) is 0 Å². The predicted octanol–water partition coefficient (Wildman–Crippen LogP) is 4.81. The van der Waals surface area contributed by atoms with E-state index in [1.165, 1.54) is 12.1 Å². The maximum absolute atomic E-state index is 14.2. The van der Waals surface area contributed by atoms with Gasteiger partial charge >= 0.3 is 226 Å². The fraction of sp³-hybridized carbons (Fsp3) is 0.172. The predicted molar refractivity (Wildman–Crippen MR) is 155 cm³/mol. The molecule has 1 N–H and O–H groups in total. The van der Waals surface area contributed by atoms with E-state index >= 15 is 0 Å². The third-order valence-corrected chi connectivity index (χ3v) is 15.8. The Hall–Kier alpha value is -2.87. The molecule has 9 heteroatoms. The molecule has 4 rings (SSSR count). The molecule has 0 heterocycles. The van der Waals surface area contributed by atoms with Crippen LogP contribution < -0.4 is 15.9 Å². The number of hydrogen-bond donors (Lipinski definition) is 1.